The predicted octanol–water partition coefficient (Wildman–Crippen LogP) is 5.76. The van der Waals surface area contributed by atoms with Crippen molar-refractivity contribution in [2.24, 2.45) is 0 Å². The Bertz CT molecular complexity index is 1010. The Labute approximate surface area is 189 Å². The molecule has 0 radical (unpaired) electrons. The quantitative estimate of drug-likeness (QED) is 0.385. The standard InChI is InChI=1S/C26H27ClN4/c27-23-9-11-24(12-10-23)29-26(28)15-8-21-6-13-25(14-7-21)31-18-16-30(17-19-31)20-22-4-2-1-3-5-22/h1-15H,16-20H2,(H2,28,29)/b15-8+. The minimum Gasteiger partial charge on any atom is -0.369 e. The van der Waals surface area contributed by atoms with Crippen molar-refractivity contribution in [3.05, 3.63) is 101 Å². The van der Waals surface area contributed by atoms with E-state index in [1.165, 1.54) is 11.3 Å². The van der Waals surface area contributed by atoms with Crippen LogP contribution in [0.3, 0.4) is 0 Å². The van der Waals surface area contributed by atoms with Crippen LogP contribution < -0.4 is 10.2 Å². The molecule has 0 spiro atoms. The third-order valence-electron chi connectivity index (χ3n) is 5.45. The predicted molar refractivity (Wildman–Crippen MR) is 132 cm³/mol. The number of hydrogen-bond acceptors (Lipinski definition) is 3. The summed E-state index contributed by atoms with van der Waals surface area (Å²) in [6.07, 6.45) is 3.72. The number of rotatable bonds is 6. The van der Waals surface area contributed by atoms with Gasteiger partial charge in [0.1, 0.15) is 5.84 Å². The van der Waals surface area contributed by atoms with Gasteiger partial charge in [0.2, 0.25) is 0 Å². The van der Waals surface area contributed by atoms with E-state index >= 15 is 0 Å². The average Bonchev–Trinajstić information content (AvgIpc) is 2.81. The fraction of sp³-hybridized carbons (Fsp3) is 0.192. The second-order valence-corrected chi connectivity index (χ2v) is 8.16. The van der Waals surface area contributed by atoms with Crippen molar-refractivity contribution < 1.29 is 0 Å². The first-order valence-corrected chi connectivity index (χ1v) is 10.9. The third kappa shape index (κ3) is 6.20. The molecule has 158 valence electrons. The van der Waals surface area contributed by atoms with Gasteiger partial charge in [0.05, 0.1) is 0 Å². The molecule has 1 aliphatic rings. The van der Waals surface area contributed by atoms with Crippen LogP contribution in [-0.4, -0.2) is 36.9 Å². The van der Waals surface area contributed by atoms with Crippen LogP contribution in [-0.2, 0) is 6.54 Å². The van der Waals surface area contributed by atoms with Gasteiger partial charge in [-0.3, -0.25) is 10.3 Å². The Morgan fingerprint density at radius 2 is 1.55 bits per heavy atom. The second kappa shape index (κ2) is 10.3. The van der Waals surface area contributed by atoms with Gasteiger partial charge >= 0.3 is 0 Å². The molecule has 0 amide bonds. The first-order valence-electron chi connectivity index (χ1n) is 10.6. The summed E-state index contributed by atoms with van der Waals surface area (Å²) in [5.41, 5.74) is 4.56. The van der Waals surface area contributed by atoms with Crippen molar-refractivity contribution in [1.29, 1.82) is 5.41 Å². The summed E-state index contributed by atoms with van der Waals surface area (Å²) in [7, 11) is 0. The van der Waals surface area contributed by atoms with Crippen molar-refractivity contribution in [3.63, 3.8) is 0 Å². The number of nitrogens with one attached hydrogen (secondary N) is 2. The van der Waals surface area contributed by atoms with Crippen LogP contribution in [0.25, 0.3) is 6.08 Å². The van der Waals surface area contributed by atoms with E-state index in [4.69, 9.17) is 17.0 Å². The highest BCUT2D eigenvalue weighted by Crippen LogP contribution is 2.19. The molecule has 1 heterocycles. The van der Waals surface area contributed by atoms with Crippen LogP contribution in [0.2, 0.25) is 5.02 Å². The smallest absolute Gasteiger partial charge is 0.122 e. The van der Waals surface area contributed by atoms with Gasteiger partial charge in [-0.15, -0.1) is 0 Å². The van der Waals surface area contributed by atoms with Gasteiger partial charge < -0.3 is 10.2 Å². The van der Waals surface area contributed by atoms with E-state index in [1.807, 2.05) is 18.2 Å². The number of hydrogen-bond donors (Lipinski definition) is 2. The van der Waals surface area contributed by atoms with E-state index in [1.54, 1.807) is 18.2 Å². The molecular formula is C26H27ClN4. The molecule has 4 rings (SSSR count). The third-order valence-corrected chi connectivity index (χ3v) is 5.70. The monoisotopic (exact) mass is 430 g/mol. The number of nitrogens with zero attached hydrogens (tertiary/aromatic N) is 2. The summed E-state index contributed by atoms with van der Waals surface area (Å²) >= 11 is 5.90. The molecule has 3 aromatic rings. The molecule has 0 atom stereocenters. The lowest BCUT2D eigenvalue weighted by molar-refractivity contribution is 0.250. The topological polar surface area (TPSA) is 42.4 Å². The number of benzene rings is 3. The van der Waals surface area contributed by atoms with Gasteiger partial charge in [-0.25, -0.2) is 0 Å². The number of anilines is 2. The lowest BCUT2D eigenvalue weighted by Gasteiger charge is -2.36. The fourth-order valence-electron chi connectivity index (χ4n) is 3.71. The van der Waals surface area contributed by atoms with Crippen LogP contribution in [0.4, 0.5) is 11.4 Å². The van der Waals surface area contributed by atoms with Gasteiger partial charge in [0, 0.05) is 49.1 Å². The highest BCUT2D eigenvalue weighted by atomic mass is 35.5. The molecule has 0 unspecified atom stereocenters. The van der Waals surface area contributed by atoms with E-state index in [9.17, 15) is 0 Å². The van der Waals surface area contributed by atoms with E-state index in [2.05, 4.69) is 69.7 Å². The summed E-state index contributed by atoms with van der Waals surface area (Å²) < 4.78 is 0. The summed E-state index contributed by atoms with van der Waals surface area (Å²) in [5.74, 6) is 0.334. The van der Waals surface area contributed by atoms with Crippen molar-refractivity contribution in [3.8, 4) is 0 Å². The normalized spacial score (nSPS) is 14.7. The van der Waals surface area contributed by atoms with E-state index in [0.29, 0.717) is 10.9 Å². The van der Waals surface area contributed by atoms with E-state index < -0.39 is 0 Å². The molecule has 3 aromatic carbocycles. The summed E-state index contributed by atoms with van der Waals surface area (Å²) in [6, 6.07) is 26.6. The van der Waals surface area contributed by atoms with Crippen LogP contribution >= 0.6 is 11.6 Å². The maximum atomic E-state index is 8.09. The molecule has 1 fully saturated rings. The summed E-state index contributed by atoms with van der Waals surface area (Å²) in [6.45, 7) is 5.25. The molecular weight excluding hydrogens is 404 g/mol. The highest BCUT2D eigenvalue weighted by Gasteiger charge is 2.17. The van der Waals surface area contributed by atoms with Gasteiger partial charge in [0.15, 0.2) is 0 Å². The highest BCUT2D eigenvalue weighted by molar-refractivity contribution is 6.30. The minimum absolute atomic E-state index is 0.334. The molecule has 2 N–H and O–H groups in total. The molecule has 1 aliphatic heterocycles. The minimum atomic E-state index is 0.334. The van der Waals surface area contributed by atoms with Crippen molar-refractivity contribution in [1.82, 2.24) is 4.90 Å². The van der Waals surface area contributed by atoms with Crippen LogP contribution in [0.1, 0.15) is 11.1 Å². The van der Waals surface area contributed by atoms with Gasteiger partial charge in [-0.05, 0) is 53.6 Å². The lowest BCUT2D eigenvalue weighted by atomic mass is 10.1. The Morgan fingerprint density at radius 3 is 2.23 bits per heavy atom. The zero-order valence-corrected chi connectivity index (χ0v) is 18.2. The molecule has 31 heavy (non-hydrogen) atoms. The van der Waals surface area contributed by atoms with Crippen LogP contribution in [0.5, 0.6) is 0 Å². The first-order chi connectivity index (χ1) is 15.2. The zero-order valence-electron chi connectivity index (χ0n) is 17.5. The number of amidine groups is 1. The van der Waals surface area contributed by atoms with Gasteiger partial charge in [-0.2, -0.15) is 0 Å². The Kier molecular flexibility index (Phi) is 7.03. The lowest BCUT2D eigenvalue weighted by Crippen LogP contribution is -2.45. The van der Waals surface area contributed by atoms with E-state index in [-0.39, 0.29) is 0 Å². The Hall–Kier alpha value is -3.08. The molecule has 0 saturated carbocycles. The van der Waals surface area contributed by atoms with Crippen molar-refractivity contribution in [2.45, 2.75) is 6.54 Å². The molecule has 0 bridgehead atoms. The first kappa shape index (κ1) is 21.2. The largest absolute Gasteiger partial charge is 0.369 e. The maximum absolute atomic E-state index is 8.09. The Morgan fingerprint density at radius 1 is 0.871 bits per heavy atom. The van der Waals surface area contributed by atoms with Crippen LogP contribution in [0.15, 0.2) is 84.9 Å². The SMILES string of the molecule is N=C(/C=C/c1ccc(N2CCN(Cc3ccccc3)CC2)cc1)Nc1ccc(Cl)cc1. The Balaban J connectivity index is 1.27. The summed E-state index contributed by atoms with van der Waals surface area (Å²) in [5, 5.41) is 11.8. The fourth-order valence-corrected chi connectivity index (χ4v) is 3.84. The van der Waals surface area contributed by atoms with Crippen molar-refractivity contribution in [2.75, 3.05) is 36.4 Å². The number of halogens is 1. The van der Waals surface area contributed by atoms with E-state index in [0.717, 1.165) is 44.0 Å². The molecule has 5 heteroatoms. The van der Waals surface area contributed by atoms with Crippen LogP contribution in [0, 0.1) is 5.41 Å². The van der Waals surface area contributed by atoms with Gasteiger partial charge in [-0.1, -0.05) is 60.1 Å². The molecule has 4 nitrogen and oxygen atoms in total. The van der Waals surface area contributed by atoms with Gasteiger partial charge in [0.25, 0.3) is 0 Å². The molecule has 0 aromatic heterocycles. The summed E-state index contributed by atoms with van der Waals surface area (Å²) in [4.78, 5) is 4.96. The van der Waals surface area contributed by atoms with Crippen molar-refractivity contribution >= 4 is 34.9 Å². The molecule has 0 aliphatic carbocycles. The second-order valence-electron chi connectivity index (χ2n) is 7.72. The number of piperazine rings is 1. The molecule has 1 saturated heterocycles. The zero-order chi connectivity index (χ0) is 21.5. The maximum Gasteiger partial charge on any atom is 0.122 e. The average molecular weight is 431 g/mol.